The predicted octanol–water partition coefficient (Wildman–Crippen LogP) is 4.00. The van der Waals surface area contributed by atoms with Crippen LogP contribution >= 0.6 is 11.3 Å². The highest BCUT2D eigenvalue weighted by atomic mass is 32.1. The van der Waals surface area contributed by atoms with E-state index in [0.29, 0.717) is 6.04 Å². The average Bonchev–Trinajstić information content (AvgIpc) is 3.45. The van der Waals surface area contributed by atoms with Gasteiger partial charge in [0.05, 0.1) is 22.8 Å². The van der Waals surface area contributed by atoms with Gasteiger partial charge in [0.1, 0.15) is 5.69 Å². The zero-order valence-electron chi connectivity index (χ0n) is 16.0. The van der Waals surface area contributed by atoms with Crippen LogP contribution in [0.25, 0.3) is 10.6 Å². The van der Waals surface area contributed by atoms with E-state index in [1.165, 1.54) is 11.1 Å². The molecule has 0 amide bonds. The Hall–Kier alpha value is -2.93. The van der Waals surface area contributed by atoms with Gasteiger partial charge in [-0.25, -0.2) is 4.98 Å². The van der Waals surface area contributed by atoms with Crippen molar-refractivity contribution in [3.8, 4) is 10.6 Å². The molecule has 0 spiro atoms. The fourth-order valence-electron chi connectivity index (χ4n) is 3.84. The van der Waals surface area contributed by atoms with Crippen molar-refractivity contribution in [2.24, 2.45) is 7.05 Å². The molecule has 28 heavy (non-hydrogen) atoms. The summed E-state index contributed by atoms with van der Waals surface area (Å²) in [6.07, 6.45) is 8.09. The summed E-state index contributed by atoms with van der Waals surface area (Å²) in [5, 5.41) is 13.4. The Bertz CT molecular complexity index is 1100. The Morgan fingerprint density at radius 3 is 2.68 bits per heavy atom. The summed E-state index contributed by atoms with van der Waals surface area (Å²) in [4.78, 5) is 5.81. The molecule has 0 bridgehead atoms. The highest BCUT2D eigenvalue weighted by molar-refractivity contribution is 7.19. The maximum Gasteiger partial charge on any atom is 0.183 e. The number of nitrogens with one attached hydrogen (secondary N) is 1. The van der Waals surface area contributed by atoms with E-state index >= 15 is 0 Å². The van der Waals surface area contributed by atoms with Crippen molar-refractivity contribution in [1.82, 2.24) is 24.5 Å². The van der Waals surface area contributed by atoms with Crippen molar-refractivity contribution < 1.29 is 0 Å². The van der Waals surface area contributed by atoms with Gasteiger partial charge in [0.2, 0.25) is 0 Å². The number of thiazole rings is 1. The molecule has 0 aliphatic heterocycles. The van der Waals surface area contributed by atoms with E-state index < -0.39 is 0 Å². The molecule has 142 valence electrons. The molecule has 0 fully saturated rings. The summed E-state index contributed by atoms with van der Waals surface area (Å²) >= 11 is 1.66. The number of nitrogens with zero attached hydrogens (tertiary/aromatic N) is 5. The number of rotatable bonds is 5. The summed E-state index contributed by atoms with van der Waals surface area (Å²) < 4.78 is 3.93. The first-order valence-electron chi connectivity index (χ1n) is 9.47. The number of aromatic nitrogens is 5. The molecule has 0 saturated heterocycles. The number of fused-ring (bicyclic) bond motifs is 1. The third-order valence-corrected chi connectivity index (χ3v) is 6.38. The molecule has 3 heterocycles. The monoisotopic (exact) mass is 390 g/mol. The Morgan fingerprint density at radius 1 is 1.18 bits per heavy atom. The van der Waals surface area contributed by atoms with Gasteiger partial charge >= 0.3 is 0 Å². The largest absolute Gasteiger partial charge is 0.357 e. The Morgan fingerprint density at radius 2 is 1.96 bits per heavy atom. The second kappa shape index (κ2) is 6.91. The normalized spacial score (nSPS) is 13.8. The second-order valence-electron chi connectivity index (χ2n) is 7.32. The van der Waals surface area contributed by atoms with Crippen molar-refractivity contribution in [2.75, 3.05) is 5.32 Å². The number of hydrogen-bond acceptors (Lipinski definition) is 5. The molecule has 0 radical (unpaired) electrons. The molecule has 0 atom stereocenters. The smallest absolute Gasteiger partial charge is 0.183 e. The molecular weight excluding hydrogens is 368 g/mol. The Labute approximate surface area is 167 Å². The minimum absolute atomic E-state index is 0.405. The van der Waals surface area contributed by atoms with Gasteiger partial charge in [0.25, 0.3) is 0 Å². The minimum atomic E-state index is 0.405. The van der Waals surface area contributed by atoms with E-state index in [2.05, 4.69) is 56.6 Å². The molecule has 4 aromatic rings. The number of benzene rings is 1. The van der Waals surface area contributed by atoms with Crippen LogP contribution in [-0.2, 0) is 26.4 Å². The molecule has 5 rings (SSSR count). The van der Waals surface area contributed by atoms with Crippen LogP contribution in [-0.4, -0.2) is 24.5 Å². The molecule has 1 aromatic carbocycles. The highest BCUT2D eigenvalue weighted by Crippen LogP contribution is 2.34. The number of aryl methyl sites for hydroxylation is 2. The number of hydrogen-bond donors (Lipinski definition) is 1. The van der Waals surface area contributed by atoms with E-state index in [1.807, 2.05) is 31.0 Å². The average molecular weight is 391 g/mol. The summed E-state index contributed by atoms with van der Waals surface area (Å²) in [6.45, 7) is 2.76. The summed E-state index contributed by atoms with van der Waals surface area (Å²) in [5.41, 5.74) is 6.04. The zero-order valence-corrected chi connectivity index (χ0v) is 16.8. The van der Waals surface area contributed by atoms with Gasteiger partial charge in [-0.15, -0.1) is 0 Å². The molecule has 3 aromatic heterocycles. The van der Waals surface area contributed by atoms with Crippen molar-refractivity contribution >= 4 is 16.5 Å². The SMILES string of the molecule is Cc1nc(NCc2cnn(C)c2)sc1-c1ccn(C2Cc3ccccc3C2)n1. The first-order valence-corrected chi connectivity index (χ1v) is 10.3. The van der Waals surface area contributed by atoms with Crippen LogP contribution in [0.3, 0.4) is 0 Å². The molecule has 1 aliphatic carbocycles. The first kappa shape index (κ1) is 17.2. The van der Waals surface area contributed by atoms with Crippen molar-refractivity contribution in [3.05, 3.63) is 71.3 Å². The Kier molecular flexibility index (Phi) is 4.24. The Balaban J connectivity index is 1.31. The van der Waals surface area contributed by atoms with Gasteiger partial charge in [-0.2, -0.15) is 10.2 Å². The third kappa shape index (κ3) is 3.22. The van der Waals surface area contributed by atoms with Crippen molar-refractivity contribution in [3.63, 3.8) is 0 Å². The lowest BCUT2D eigenvalue weighted by atomic mass is 10.1. The number of anilines is 1. The van der Waals surface area contributed by atoms with Crippen LogP contribution in [0.2, 0.25) is 0 Å². The highest BCUT2D eigenvalue weighted by Gasteiger charge is 2.23. The van der Waals surface area contributed by atoms with Crippen LogP contribution < -0.4 is 5.32 Å². The summed E-state index contributed by atoms with van der Waals surface area (Å²) in [6, 6.07) is 11.2. The fourth-order valence-corrected chi connectivity index (χ4v) is 4.76. The van der Waals surface area contributed by atoms with E-state index in [1.54, 1.807) is 11.3 Å². The van der Waals surface area contributed by atoms with Gasteiger partial charge in [-0.1, -0.05) is 35.6 Å². The van der Waals surface area contributed by atoms with Crippen LogP contribution in [0.4, 0.5) is 5.13 Å². The summed E-state index contributed by atoms with van der Waals surface area (Å²) in [7, 11) is 1.92. The van der Waals surface area contributed by atoms with Crippen LogP contribution in [0, 0.1) is 6.92 Å². The van der Waals surface area contributed by atoms with E-state index in [-0.39, 0.29) is 0 Å². The summed E-state index contributed by atoms with van der Waals surface area (Å²) in [5.74, 6) is 0. The van der Waals surface area contributed by atoms with Crippen molar-refractivity contribution in [1.29, 1.82) is 0 Å². The molecule has 1 N–H and O–H groups in total. The lowest BCUT2D eigenvalue weighted by Crippen LogP contribution is -2.09. The van der Waals surface area contributed by atoms with Gasteiger partial charge in [0, 0.05) is 31.5 Å². The molecule has 1 aliphatic rings. The minimum Gasteiger partial charge on any atom is -0.357 e. The molecule has 7 heteroatoms. The molecule has 0 unspecified atom stereocenters. The quantitative estimate of drug-likeness (QED) is 0.559. The second-order valence-corrected chi connectivity index (χ2v) is 8.32. The van der Waals surface area contributed by atoms with E-state index in [0.717, 1.165) is 46.3 Å². The van der Waals surface area contributed by atoms with Crippen molar-refractivity contribution in [2.45, 2.75) is 32.4 Å². The van der Waals surface area contributed by atoms with E-state index in [4.69, 9.17) is 5.10 Å². The lowest BCUT2D eigenvalue weighted by molar-refractivity contribution is 0.476. The topological polar surface area (TPSA) is 60.6 Å². The van der Waals surface area contributed by atoms with Gasteiger partial charge < -0.3 is 5.32 Å². The maximum absolute atomic E-state index is 4.89. The fraction of sp³-hybridized carbons (Fsp3) is 0.286. The zero-order chi connectivity index (χ0) is 19.1. The third-order valence-electron chi connectivity index (χ3n) is 5.24. The lowest BCUT2D eigenvalue weighted by Gasteiger charge is -2.09. The molecule has 0 saturated carbocycles. The van der Waals surface area contributed by atoms with Crippen LogP contribution in [0.5, 0.6) is 0 Å². The maximum atomic E-state index is 4.89. The van der Waals surface area contributed by atoms with E-state index in [9.17, 15) is 0 Å². The van der Waals surface area contributed by atoms with Crippen LogP contribution in [0.15, 0.2) is 48.9 Å². The first-order chi connectivity index (χ1) is 13.7. The predicted molar refractivity (Wildman–Crippen MR) is 111 cm³/mol. The van der Waals surface area contributed by atoms with Gasteiger partial charge in [-0.3, -0.25) is 9.36 Å². The molecule has 6 nitrogen and oxygen atoms in total. The van der Waals surface area contributed by atoms with Gasteiger partial charge in [-0.05, 0) is 37.0 Å². The molecular formula is C21H22N6S. The van der Waals surface area contributed by atoms with Gasteiger partial charge in [0.15, 0.2) is 5.13 Å². The standard InChI is InChI=1S/C21H22N6S/c1-14-20(28-21(24-14)22-11-15-12-23-26(2)13-15)19-7-8-27(25-19)18-9-16-5-3-4-6-17(16)10-18/h3-8,12-13,18H,9-11H2,1-2H3,(H,22,24). The van der Waals surface area contributed by atoms with Crippen LogP contribution in [0.1, 0.15) is 28.4 Å².